The maximum Gasteiger partial charge on any atom is 0.410 e. The number of anilines is 1. The molecule has 0 spiro atoms. The molecular weight excluding hydrogens is 247 g/mol. The molecule has 98 valence electrons. The van der Waals surface area contributed by atoms with Gasteiger partial charge in [0.1, 0.15) is 17.2 Å². The zero-order valence-electron chi connectivity index (χ0n) is 11.4. The van der Waals surface area contributed by atoms with Crippen LogP contribution in [-0.4, -0.2) is 49.0 Å². The summed E-state index contributed by atoms with van der Waals surface area (Å²) < 4.78 is 8.58. The quantitative estimate of drug-likeness (QED) is 0.641. The third-order valence-corrected chi connectivity index (χ3v) is 3.97. The number of hydrogen-bond acceptors (Lipinski definition) is 4. The van der Waals surface area contributed by atoms with E-state index in [2.05, 4.69) is 9.55 Å². The minimum absolute atomic E-state index is 0.287. The first-order valence-electron chi connectivity index (χ1n) is 6.07. The zero-order chi connectivity index (χ0) is 13.5. The van der Waals surface area contributed by atoms with Gasteiger partial charge >= 0.3 is 6.09 Å². The minimum Gasteiger partial charge on any atom is -0.444 e. The Labute approximate surface area is 115 Å². The van der Waals surface area contributed by atoms with E-state index >= 15 is 0 Å². The van der Waals surface area contributed by atoms with Gasteiger partial charge in [0.25, 0.3) is 16.3 Å². The monoisotopic (exact) mass is 266 g/mol. The van der Waals surface area contributed by atoms with Crippen molar-refractivity contribution >= 4 is 32.8 Å². The number of ether oxygens (including phenoxy) is 1. The highest BCUT2D eigenvalue weighted by atomic mass is 27.0. The lowest BCUT2D eigenvalue weighted by Crippen LogP contribution is -2.43. The van der Waals surface area contributed by atoms with Crippen LogP contribution in [0.2, 0.25) is 0 Å². The number of nitrogens with zero attached hydrogens (tertiary/aromatic N) is 3. The van der Waals surface area contributed by atoms with Crippen LogP contribution in [0, 0.1) is 0 Å². The molecule has 0 bridgehead atoms. The highest BCUT2D eigenvalue weighted by molar-refractivity contribution is 6.34. The molecule has 0 aliphatic carbocycles. The summed E-state index contributed by atoms with van der Waals surface area (Å²) in [5.41, 5.74) is 5.35. The standard InChI is InChI=1S/C11H17N4O2.Al.2H/c1-11(2,3)17-10(16)15-5-4-14-6-8(12)13-9(14)7-15;;;/h4-5,7,12H2,1-3H3;;;. The number of nitrogens with two attached hydrogens (primary N) is 1. The molecule has 0 saturated heterocycles. The van der Waals surface area contributed by atoms with Crippen molar-refractivity contribution in [3.8, 4) is 0 Å². The molecule has 2 rings (SSSR count). The molecule has 1 amide bonds. The number of carbonyl (C=O) groups excluding carboxylic acids is 1. The summed E-state index contributed by atoms with van der Waals surface area (Å²) in [5.74, 6) is 1.46. The van der Waals surface area contributed by atoms with Crippen molar-refractivity contribution in [3.05, 3.63) is 5.82 Å². The Morgan fingerprint density at radius 3 is 2.72 bits per heavy atom. The molecule has 1 aliphatic rings. The smallest absolute Gasteiger partial charge is 0.410 e. The lowest BCUT2D eigenvalue weighted by Gasteiger charge is -2.30. The molecule has 2 heterocycles. The fraction of sp³-hybridized carbons (Fsp3) is 0.636. The van der Waals surface area contributed by atoms with E-state index in [1.165, 1.54) is 0 Å². The van der Waals surface area contributed by atoms with Gasteiger partial charge in [-0.2, -0.15) is 0 Å². The van der Waals surface area contributed by atoms with Crippen molar-refractivity contribution in [1.82, 2.24) is 14.5 Å². The number of hydrogen-bond donors (Lipinski definition) is 1. The second-order valence-electron chi connectivity index (χ2n) is 5.55. The lowest BCUT2D eigenvalue weighted by molar-refractivity contribution is 0.0196. The first kappa shape index (κ1) is 13.2. The predicted octanol–water partition coefficient (Wildman–Crippen LogP) is -0.526. The molecule has 7 heteroatoms. The Kier molecular flexibility index (Phi) is 3.30. The van der Waals surface area contributed by atoms with Gasteiger partial charge in [0, 0.05) is 13.1 Å². The number of fused-ring (bicyclic) bond motifs is 1. The molecule has 18 heavy (non-hydrogen) atoms. The van der Waals surface area contributed by atoms with E-state index in [1.807, 2.05) is 20.8 Å². The van der Waals surface area contributed by atoms with E-state index in [4.69, 9.17) is 10.5 Å². The summed E-state index contributed by atoms with van der Waals surface area (Å²) >= 11 is 0.871. The largest absolute Gasteiger partial charge is 0.444 e. The van der Waals surface area contributed by atoms with Gasteiger partial charge in [-0.3, -0.25) is 4.90 Å². The summed E-state index contributed by atoms with van der Waals surface area (Å²) in [4.78, 5) is 17.9. The van der Waals surface area contributed by atoms with Crippen LogP contribution < -0.4 is 10.3 Å². The first-order valence-corrected chi connectivity index (χ1v) is 7.07. The maximum absolute atomic E-state index is 12.0. The summed E-state index contributed by atoms with van der Waals surface area (Å²) in [6, 6.07) is 0. The number of aromatic nitrogens is 2. The molecule has 0 saturated carbocycles. The molecule has 1 aromatic heterocycles. The molecule has 1 aliphatic heterocycles. The summed E-state index contributed by atoms with van der Waals surface area (Å²) in [5, 5.41) is 0. The maximum atomic E-state index is 12.0. The Balaban J connectivity index is 2.10. The van der Waals surface area contributed by atoms with Gasteiger partial charge in [0.05, 0.1) is 6.54 Å². The van der Waals surface area contributed by atoms with E-state index in [0.717, 1.165) is 33.2 Å². The number of imidazole rings is 1. The van der Waals surface area contributed by atoms with Crippen molar-refractivity contribution in [1.29, 1.82) is 0 Å². The fourth-order valence-electron chi connectivity index (χ4n) is 1.98. The topological polar surface area (TPSA) is 73.4 Å². The fourth-order valence-corrected chi connectivity index (χ4v) is 2.58. The molecule has 0 atom stereocenters. The van der Waals surface area contributed by atoms with Crippen LogP contribution in [0.4, 0.5) is 10.6 Å². The summed E-state index contributed by atoms with van der Waals surface area (Å²) in [6.45, 7) is 7.46. The number of amides is 1. The molecule has 0 unspecified atom stereocenters. The van der Waals surface area contributed by atoms with Gasteiger partial charge in [-0.1, -0.05) is 0 Å². The molecule has 6 nitrogen and oxygen atoms in total. The third-order valence-electron chi connectivity index (χ3n) is 2.91. The number of carbonyl (C=O) groups is 1. The van der Waals surface area contributed by atoms with E-state index in [0.29, 0.717) is 18.9 Å². The average Bonchev–Trinajstić information content (AvgIpc) is 2.52. The average molecular weight is 266 g/mol. The van der Waals surface area contributed by atoms with Gasteiger partial charge < -0.3 is 15.0 Å². The van der Waals surface area contributed by atoms with Crippen LogP contribution >= 0.6 is 0 Å². The van der Waals surface area contributed by atoms with Crippen molar-refractivity contribution < 1.29 is 9.53 Å². The minimum atomic E-state index is -0.466. The Morgan fingerprint density at radius 2 is 2.11 bits per heavy atom. The second kappa shape index (κ2) is 4.49. The van der Waals surface area contributed by atoms with Crippen molar-refractivity contribution in [3.63, 3.8) is 0 Å². The second-order valence-corrected chi connectivity index (χ2v) is 6.50. The molecule has 0 aromatic carbocycles. The van der Waals surface area contributed by atoms with Gasteiger partial charge in [-0.05, 0) is 25.3 Å². The lowest BCUT2D eigenvalue weighted by atomic mass is 10.2. The molecule has 1 aromatic rings. The van der Waals surface area contributed by atoms with Crippen LogP contribution in [0.3, 0.4) is 0 Å². The Hall–Kier alpha value is -1.19. The van der Waals surface area contributed by atoms with Crippen molar-refractivity contribution in [2.75, 3.05) is 12.3 Å². The Bertz CT molecular complexity index is 478. The van der Waals surface area contributed by atoms with E-state index in [-0.39, 0.29) is 6.09 Å². The van der Waals surface area contributed by atoms with Crippen molar-refractivity contribution in [2.45, 2.75) is 39.5 Å². The number of nitrogen functional groups attached to an aromatic ring is 1. The Morgan fingerprint density at radius 1 is 1.44 bits per heavy atom. The molecule has 0 radical (unpaired) electrons. The van der Waals surface area contributed by atoms with Gasteiger partial charge in [0.2, 0.25) is 0 Å². The first-order chi connectivity index (χ1) is 8.28. The highest BCUT2D eigenvalue weighted by Crippen LogP contribution is 2.16. The SMILES string of the molecule is CC(C)(C)OC(=O)N1CCn2c(nc(N)[c]2[AlH2])C1. The van der Waals surface area contributed by atoms with Crippen LogP contribution in [-0.2, 0) is 17.8 Å². The van der Waals surface area contributed by atoms with Crippen LogP contribution in [0.15, 0.2) is 0 Å². The van der Waals surface area contributed by atoms with Gasteiger partial charge in [-0.15, -0.1) is 0 Å². The van der Waals surface area contributed by atoms with Gasteiger partial charge in [-0.25, -0.2) is 9.78 Å². The predicted molar refractivity (Wildman–Crippen MR) is 71.5 cm³/mol. The van der Waals surface area contributed by atoms with E-state index < -0.39 is 5.60 Å². The van der Waals surface area contributed by atoms with Crippen LogP contribution in [0.25, 0.3) is 0 Å². The number of rotatable bonds is 0. The van der Waals surface area contributed by atoms with Gasteiger partial charge in [0.15, 0.2) is 0 Å². The highest BCUT2D eigenvalue weighted by Gasteiger charge is 2.27. The summed E-state index contributed by atoms with van der Waals surface area (Å²) in [6.07, 6.45) is -0.287. The van der Waals surface area contributed by atoms with E-state index in [9.17, 15) is 4.79 Å². The van der Waals surface area contributed by atoms with E-state index in [1.54, 1.807) is 4.90 Å². The van der Waals surface area contributed by atoms with Crippen LogP contribution in [0.5, 0.6) is 0 Å². The van der Waals surface area contributed by atoms with Crippen LogP contribution in [0.1, 0.15) is 26.6 Å². The molecule has 2 N–H and O–H groups in total. The molecule has 0 fully saturated rings. The summed E-state index contributed by atoms with van der Waals surface area (Å²) in [7, 11) is 0. The molecular formula is C11H19AlN4O2. The third kappa shape index (κ3) is 2.62. The van der Waals surface area contributed by atoms with Crippen molar-refractivity contribution in [2.24, 2.45) is 0 Å². The normalized spacial score (nSPS) is 15.4. The zero-order valence-corrected chi connectivity index (χ0v) is 13.4.